The lowest BCUT2D eigenvalue weighted by Gasteiger charge is -2.37. The molecule has 0 aromatic carbocycles. The van der Waals surface area contributed by atoms with E-state index in [-0.39, 0.29) is 11.2 Å². The predicted molar refractivity (Wildman–Crippen MR) is 91.1 cm³/mol. The quantitative estimate of drug-likeness (QED) is 0.570. The van der Waals surface area contributed by atoms with Crippen molar-refractivity contribution < 1.29 is 18.8 Å². The van der Waals surface area contributed by atoms with Crippen LogP contribution < -0.4 is 10.2 Å². The number of pyridine rings is 1. The Hall–Kier alpha value is -1.11. The highest BCUT2D eigenvalue weighted by atomic mass is 16.7. The molecular weight excluding hydrogens is 293 g/mol. The van der Waals surface area contributed by atoms with Crippen LogP contribution in [0.5, 0.6) is 5.88 Å². The highest BCUT2D eigenvalue weighted by molar-refractivity contribution is 6.62. The van der Waals surface area contributed by atoms with Gasteiger partial charge >= 0.3 is 7.12 Å². The van der Waals surface area contributed by atoms with Crippen molar-refractivity contribution in [3.05, 3.63) is 18.3 Å². The van der Waals surface area contributed by atoms with Crippen molar-refractivity contribution in [2.75, 3.05) is 20.3 Å². The van der Waals surface area contributed by atoms with E-state index in [1.54, 1.807) is 13.3 Å². The minimum absolute atomic E-state index is 0.320. The molecule has 128 valence electrons. The van der Waals surface area contributed by atoms with E-state index in [4.69, 9.17) is 18.8 Å². The topological polar surface area (TPSA) is 49.8 Å². The van der Waals surface area contributed by atoms with Gasteiger partial charge in [0.25, 0.3) is 0 Å². The molecule has 0 radical (unpaired) electrons. The average Bonchev–Trinajstić information content (AvgIpc) is 2.69. The molecule has 1 atom stereocenters. The maximum atomic E-state index is 6.28. The second kappa shape index (κ2) is 7.20. The Kier molecular flexibility index (Phi) is 5.71. The predicted octanol–water partition coefficient (Wildman–Crippen LogP) is 2.43. The molecule has 1 unspecified atom stereocenters. The van der Waals surface area contributed by atoms with Gasteiger partial charge in [-0.05, 0) is 39.2 Å². The van der Waals surface area contributed by atoms with Gasteiger partial charge in [-0.15, -0.1) is 0 Å². The van der Waals surface area contributed by atoms with Gasteiger partial charge in [-0.25, -0.2) is 4.98 Å². The van der Waals surface area contributed by atoms with Crippen LogP contribution in [0.4, 0.5) is 0 Å². The summed E-state index contributed by atoms with van der Waals surface area (Å²) in [5.41, 5.74) is 0.235. The molecule has 0 spiro atoms. The summed E-state index contributed by atoms with van der Waals surface area (Å²) in [6, 6.07) is 3.78. The van der Waals surface area contributed by atoms with E-state index in [1.807, 2.05) is 12.1 Å². The summed E-state index contributed by atoms with van der Waals surface area (Å²) in [5, 5.41) is 0. The fraction of sp³-hybridized carbons (Fsp3) is 0.706. The van der Waals surface area contributed by atoms with E-state index in [1.165, 1.54) is 0 Å². The number of methoxy groups -OCH3 is 1. The smallest absolute Gasteiger partial charge is 0.475 e. The Morgan fingerprint density at radius 1 is 1.17 bits per heavy atom. The molecule has 0 amide bonds. The highest BCUT2D eigenvalue weighted by Crippen LogP contribution is 2.41. The third-order valence-electron chi connectivity index (χ3n) is 4.41. The molecule has 0 N–H and O–H groups in total. The summed E-state index contributed by atoms with van der Waals surface area (Å²) >= 11 is 0. The molecule has 1 aromatic rings. The minimum Gasteiger partial charge on any atom is -0.475 e. The van der Waals surface area contributed by atoms with Crippen LogP contribution in [0, 0.1) is 5.92 Å². The monoisotopic (exact) mass is 321 g/mol. The molecular formula is C17H28BNO4. The molecule has 1 saturated heterocycles. The Balaban J connectivity index is 2.05. The summed E-state index contributed by atoms with van der Waals surface area (Å²) < 4.78 is 22.9. The summed E-state index contributed by atoms with van der Waals surface area (Å²) in [4.78, 5) is 4.31. The van der Waals surface area contributed by atoms with Crippen molar-refractivity contribution in [3.63, 3.8) is 0 Å². The molecule has 2 heterocycles. The first-order chi connectivity index (χ1) is 10.8. The normalized spacial score (nSPS) is 23.5. The van der Waals surface area contributed by atoms with E-state index in [2.05, 4.69) is 39.6 Å². The second-order valence-electron chi connectivity index (χ2n) is 7.18. The van der Waals surface area contributed by atoms with Crippen LogP contribution in [-0.2, 0) is 14.0 Å². The molecule has 1 aliphatic rings. The fourth-order valence-corrected chi connectivity index (χ4v) is 2.85. The van der Waals surface area contributed by atoms with Crippen LogP contribution in [-0.4, -0.2) is 43.6 Å². The molecule has 0 bridgehead atoms. The molecule has 1 fully saturated rings. The van der Waals surface area contributed by atoms with Crippen molar-refractivity contribution >= 4 is 12.6 Å². The van der Waals surface area contributed by atoms with Crippen LogP contribution in [0.3, 0.4) is 0 Å². The van der Waals surface area contributed by atoms with E-state index in [9.17, 15) is 0 Å². The van der Waals surface area contributed by atoms with E-state index in [0.717, 1.165) is 11.9 Å². The van der Waals surface area contributed by atoms with Crippen LogP contribution in [0.25, 0.3) is 0 Å². The Morgan fingerprint density at radius 3 is 2.48 bits per heavy atom. The maximum absolute atomic E-state index is 6.28. The maximum Gasteiger partial charge on any atom is 0.496 e. The van der Waals surface area contributed by atoms with Gasteiger partial charge < -0.3 is 18.8 Å². The third-order valence-corrected chi connectivity index (χ3v) is 4.41. The SMILES string of the molecule is COCCOc1ccc(B2OC(C)(C)C(C)(CC(C)C)O2)cn1. The average molecular weight is 321 g/mol. The molecule has 6 heteroatoms. The van der Waals surface area contributed by atoms with Crippen molar-refractivity contribution in [3.8, 4) is 5.88 Å². The van der Waals surface area contributed by atoms with Crippen molar-refractivity contribution in [2.45, 2.75) is 52.2 Å². The zero-order valence-corrected chi connectivity index (χ0v) is 15.1. The Morgan fingerprint density at radius 2 is 1.91 bits per heavy atom. The number of hydrogen-bond donors (Lipinski definition) is 0. The van der Waals surface area contributed by atoms with Crippen LogP contribution in [0.2, 0.25) is 0 Å². The summed E-state index contributed by atoms with van der Waals surface area (Å²) in [6.45, 7) is 11.7. The number of ether oxygens (including phenoxy) is 2. The van der Waals surface area contributed by atoms with Gasteiger partial charge in [0.05, 0.1) is 17.8 Å². The van der Waals surface area contributed by atoms with Crippen LogP contribution >= 0.6 is 0 Å². The zero-order valence-electron chi connectivity index (χ0n) is 15.1. The first-order valence-corrected chi connectivity index (χ1v) is 8.21. The lowest BCUT2D eigenvalue weighted by atomic mass is 9.80. The largest absolute Gasteiger partial charge is 0.496 e. The van der Waals surface area contributed by atoms with Crippen LogP contribution in [0.15, 0.2) is 18.3 Å². The van der Waals surface area contributed by atoms with E-state index >= 15 is 0 Å². The Bertz CT molecular complexity index is 506. The van der Waals surface area contributed by atoms with Gasteiger partial charge in [0.1, 0.15) is 6.61 Å². The Labute approximate surface area is 139 Å². The zero-order chi connectivity index (χ0) is 17.1. The number of rotatable bonds is 7. The first-order valence-electron chi connectivity index (χ1n) is 8.21. The molecule has 5 nitrogen and oxygen atoms in total. The van der Waals surface area contributed by atoms with E-state index in [0.29, 0.717) is 25.0 Å². The minimum atomic E-state index is -0.394. The standard InChI is InChI=1S/C17H28BNO4/c1-13(2)11-17(5)16(3,4)22-18(23-17)14-7-8-15(19-12-14)21-10-9-20-6/h7-8,12-13H,9-11H2,1-6H3. The van der Waals surface area contributed by atoms with Crippen LogP contribution in [0.1, 0.15) is 41.0 Å². The molecule has 0 saturated carbocycles. The van der Waals surface area contributed by atoms with Gasteiger partial charge in [-0.2, -0.15) is 0 Å². The number of aromatic nitrogens is 1. The highest BCUT2D eigenvalue weighted by Gasteiger charge is 2.54. The number of nitrogens with zero attached hydrogens (tertiary/aromatic N) is 1. The molecule has 23 heavy (non-hydrogen) atoms. The molecule has 0 aliphatic carbocycles. The van der Waals surface area contributed by atoms with Gasteiger partial charge in [-0.1, -0.05) is 19.9 Å². The molecule has 2 rings (SSSR count). The van der Waals surface area contributed by atoms with Gasteiger partial charge in [-0.3, -0.25) is 0 Å². The van der Waals surface area contributed by atoms with Gasteiger partial charge in [0.2, 0.25) is 5.88 Å². The van der Waals surface area contributed by atoms with Gasteiger partial charge in [0.15, 0.2) is 0 Å². The molecule has 1 aromatic heterocycles. The first kappa shape index (κ1) is 18.2. The second-order valence-corrected chi connectivity index (χ2v) is 7.18. The van der Waals surface area contributed by atoms with Crippen molar-refractivity contribution in [1.82, 2.24) is 4.98 Å². The number of hydrogen-bond acceptors (Lipinski definition) is 5. The fourth-order valence-electron chi connectivity index (χ4n) is 2.85. The van der Waals surface area contributed by atoms with Gasteiger partial charge in [0, 0.05) is 18.8 Å². The van der Waals surface area contributed by atoms with E-state index < -0.39 is 7.12 Å². The lowest BCUT2D eigenvalue weighted by Crippen LogP contribution is -2.45. The van der Waals surface area contributed by atoms with Crippen molar-refractivity contribution in [2.24, 2.45) is 5.92 Å². The lowest BCUT2D eigenvalue weighted by molar-refractivity contribution is -0.0239. The molecule has 1 aliphatic heterocycles. The summed E-state index contributed by atoms with van der Waals surface area (Å²) in [7, 11) is 1.25. The van der Waals surface area contributed by atoms with Crippen molar-refractivity contribution in [1.29, 1.82) is 0 Å². The third kappa shape index (κ3) is 4.25. The summed E-state index contributed by atoms with van der Waals surface area (Å²) in [6.07, 6.45) is 2.70. The summed E-state index contributed by atoms with van der Waals surface area (Å²) in [5.74, 6) is 1.12.